The Morgan fingerprint density at radius 2 is 2.28 bits per heavy atom. The summed E-state index contributed by atoms with van der Waals surface area (Å²) < 4.78 is 0. The topological polar surface area (TPSA) is 59.2 Å². The molecule has 1 amide bonds. The molecule has 18 heavy (non-hydrogen) atoms. The predicted molar refractivity (Wildman–Crippen MR) is 70.8 cm³/mol. The Hall–Kier alpha value is -1.42. The van der Waals surface area contributed by atoms with Gasteiger partial charge in [0.25, 0.3) is 0 Å². The highest BCUT2D eigenvalue weighted by molar-refractivity contribution is 5.82. The van der Waals surface area contributed by atoms with Gasteiger partial charge in [-0.15, -0.1) is 0 Å². The van der Waals surface area contributed by atoms with Crippen LogP contribution in [0.2, 0.25) is 0 Å². The van der Waals surface area contributed by atoms with E-state index in [-0.39, 0.29) is 18.0 Å². The van der Waals surface area contributed by atoms with Gasteiger partial charge in [-0.1, -0.05) is 13.3 Å². The van der Waals surface area contributed by atoms with Crippen LogP contribution < -0.4 is 5.73 Å². The lowest BCUT2D eigenvalue weighted by atomic mass is 10.0. The second-order valence-electron chi connectivity index (χ2n) is 4.87. The molecule has 0 aromatic carbocycles. The lowest BCUT2D eigenvalue weighted by molar-refractivity contribution is -0.133. The molecule has 1 saturated heterocycles. The molecule has 98 valence electrons. The molecule has 0 saturated carbocycles. The van der Waals surface area contributed by atoms with Gasteiger partial charge in [-0.05, 0) is 37.0 Å². The van der Waals surface area contributed by atoms with E-state index in [2.05, 4.69) is 11.9 Å². The fourth-order valence-corrected chi connectivity index (χ4v) is 2.61. The van der Waals surface area contributed by atoms with Gasteiger partial charge < -0.3 is 10.6 Å². The first-order valence-electron chi connectivity index (χ1n) is 6.70. The summed E-state index contributed by atoms with van der Waals surface area (Å²) in [6.45, 7) is 2.88. The number of rotatable bonds is 4. The van der Waals surface area contributed by atoms with Crippen LogP contribution >= 0.6 is 0 Å². The molecule has 2 N–H and O–H groups in total. The number of hydrogen-bond acceptors (Lipinski definition) is 3. The molecular formula is C14H21N3O. The van der Waals surface area contributed by atoms with E-state index >= 15 is 0 Å². The average Bonchev–Trinajstić information content (AvgIpc) is 2.88. The molecule has 0 bridgehead atoms. The number of nitrogens with zero attached hydrogens (tertiary/aromatic N) is 2. The van der Waals surface area contributed by atoms with Gasteiger partial charge in [-0.3, -0.25) is 9.78 Å². The molecule has 1 aliphatic rings. The first-order valence-corrected chi connectivity index (χ1v) is 6.70. The zero-order valence-electron chi connectivity index (χ0n) is 10.9. The minimum Gasteiger partial charge on any atom is -0.334 e. The maximum absolute atomic E-state index is 12.3. The third kappa shape index (κ3) is 2.70. The molecule has 0 radical (unpaired) electrons. The smallest absolute Gasteiger partial charge is 0.239 e. The van der Waals surface area contributed by atoms with Gasteiger partial charge >= 0.3 is 0 Å². The summed E-state index contributed by atoms with van der Waals surface area (Å²) in [5.74, 6) is 0.0937. The highest BCUT2D eigenvalue weighted by Crippen LogP contribution is 2.32. The molecular weight excluding hydrogens is 226 g/mol. The van der Waals surface area contributed by atoms with Gasteiger partial charge in [0.15, 0.2) is 0 Å². The van der Waals surface area contributed by atoms with E-state index in [1.165, 1.54) is 5.56 Å². The number of carbonyl (C=O) groups excluding carboxylic acids is 1. The maximum Gasteiger partial charge on any atom is 0.239 e. The Kier molecular flexibility index (Phi) is 4.31. The molecule has 1 fully saturated rings. The molecule has 2 atom stereocenters. The number of pyridine rings is 1. The number of aromatic nitrogens is 1. The maximum atomic E-state index is 12.3. The summed E-state index contributed by atoms with van der Waals surface area (Å²) in [6, 6.07) is 3.81. The number of amides is 1. The van der Waals surface area contributed by atoms with E-state index < -0.39 is 0 Å². The summed E-state index contributed by atoms with van der Waals surface area (Å²) in [5, 5.41) is 0. The van der Waals surface area contributed by atoms with Crippen LogP contribution in [0.25, 0.3) is 0 Å². The first kappa shape index (κ1) is 13.0. The Morgan fingerprint density at radius 3 is 2.94 bits per heavy atom. The van der Waals surface area contributed by atoms with Crippen molar-refractivity contribution in [1.82, 2.24) is 9.88 Å². The van der Waals surface area contributed by atoms with Crippen LogP contribution in [0.15, 0.2) is 24.5 Å². The molecule has 4 heteroatoms. The predicted octanol–water partition coefficient (Wildman–Crippen LogP) is 1.87. The van der Waals surface area contributed by atoms with Crippen LogP contribution in [-0.2, 0) is 4.79 Å². The van der Waals surface area contributed by atoms with Crippen LogP contribution in [0.1, 0.15) is 44.2 Å². The lowest BCUT2D eigenvalue weighted by Crippen LogP contribution is -2.43. The molecule has 2 unspecified atom stereocenters. The zero-order valence-corrected chi connectivity index (χ0v) is 10.9. The van der Waals surface area contributed by atoms with Gasteiger partial charge in [0.05, 0.1) is 12.1 Å². The standard InChI is InChI=1S/C14H21N3O/c1-2-4-12(15)14(18)17-10-3-5-13(17)11-6-8-16-9-7-11/h6-9,12-13H,2-5,10,15H2,1H3. The van der Waals surface area contributed by atoms with Gasteiger partial charge in [-0.25, -0.2) is 0 Å². The summed E-state index contributed by atoms with van der Waals surface area (Å²) in [7, 11) is 0. The molecule has 1 aromatic rings. The van der Waals surface area contributed by atoms with Crippen molar-refractivity contribution in [1.29, 1.82) is 0 Å². The SMILES string of the molecule is CCCC(N)C(=O)N1CCCC1c1ccncc1. The quantitative estimate of drug-likeness (QED) is 0.883. The molecule has 2 heterocycles. The van der Waals surface area contributed by atoms with E-state index in [1.54, 1.807) is 12.4 Å². The van der Waals surface area contributed by atoms with Gasteiger partial charge in [0, 0.05) is 18.9 Å². The minimum atomic E-state index is -0.350. The molecule has 1 aromatic heterocycles. The van der Waals surface area contributed by atoms with Crippen LogP contribution in [-0.4, -0.2) is 28.4 Å². The van der Waals surface area contributed by atoms with Crippen molar-refractivity contribution in [3.8, 4) is 0 Å². The lowest BCUT2D eigenvalue weighted by Gasteiger charge is -2.27. The van der Waals surface area contributed by atoms with E-state index in [9.17, 15) is 4.79 Å². The second kappa shape index (κ2) is 5.96. The first-order chi connectivity index (χ1) is 8.74. The summed E-state index contributed by atoms with van der Waals surface area (Å²) in [6.07, 6.45) is 7.34. The van der Waals surface area contributed by atoms with Crippen molar-refractivity contribution >= 4 is 5.91 Å². The van der Waals surface area contributed by atoms with Crippen molar-refractivity contribution in [2.45, 2.75) is 44.7 Å². The van der Waals surface area contributed by atoms with E-state index in [1.807, 2.05) is 17.0 Å². The Bertz CT molecular complexity index is 393. The largest absolute Gasteiger partial charge is 0.334 e. The molecule has 1 aliphatic heterocycles. The number of nitrogens with two attached hydrogens (primary N) is 1. The fourth-order valence-electron chi connectivity index (χ4n) is 2.61. The van der Waals surface area contributed by atoms with Crippen LogP contribution in [0.5, 0.6) is 0 Å². The van der Waals surface area contributed by atoms with Gasteiger partial charge in [0.1, 0.15) is 0 Å². The van der Waals surface area contributed by atoms with Crippen molar-refractivity contribution < 1.29 is 4.79 Å². The minimum absolute atomic E-state index is 0.0937. The van der Waals surface area contributed by atoms with Crippen LogP contribution in [0.4, 0.5) is 0 Å². The van der Waals surface area contributed by atoms with Crippen LogP contribution in [0, 0.1) is 0 Å². The summed E-state index contributed by atoms with van der Waals surface area (Å²) in [4.78, 5) is 18.3. The van der Waals surface area contributed by atoms with Crippen molar-refractivity contribution in [3.05, 3.63) is 30.1 Å². The third-order valence-electron chi connectivity index (χ3n) is 3.54. The fraction of sp³-hybridized carbons (Fsp3) is 0.571. The highest BCUT2D eigenvalue weighted by atomic mass is 16.2. The average molecular weight is 247 g/mol. The Balaban J connectivity index is 2.10. The molecule has 4 nitrogen and oxygen atoms in total. The third-order valence-corrected chi connectivity index (χ3v) is 3.54. The van der Waals surface area contributed by atoms with E-state index in [0.29, 0.717) is 0 Å². The van der Waals surface area contributed by atoms with Gasteiger partial charge in [-0.2, -0.15) is 0 Å². The molecule has 0 spiro atoms. The molecule has 2 rings (SSSR count). The Labute approximate surface area is 108 Å². The van der Waals surface area contributed by atoms with Crippen molar-refractivity contribution in [3.63, 3.8) is 0 Å². The van der Waals surface area contributed by atoms with Crippen LogP contribution in [0.3, 0.4) is 0 Å². The zero-order chi connectivity index (χ0) is 13.0. The van der Waals surface area contributed by atoms with Crippen molar-refractivity contribution in [2.75, 3.05) is 6.54 Å². The highest BCUT2D eigenvalue weighted by Gasteiger charge is 2.32. The van der Waals surface area contributed by atoms with Gasteiger partial charge in [0.2, 0.25) is 5.91 Å². The number of hydrogen-bond donors (Lipinski definition) is 1. The second-order valence-corrected chi connectivity index (χ2v) is 4.87. The number of likely N-dealkylation sites (tertiary alicyclic amines) is 1. The van der Waals surface area contributed by atoms with Crippen molar-refractivity contribution in [2.24, 2.45) is 5.73 Å². The van der Waals surface area contributed by atoms with E-state index in [4.69, 9.17) is 5.73 Å². The monoisotopic (exact) mass is 247 g/mol. The normalized spacial score (nSPS) is 21.0. The summed E-state index contributed by atoms with van der Waals surface area (Å²) >= 11 is 0. The molecule has 0 aliphatic carbocycles. The summed E-state index contributed by atoms with van der Waals surface area (Å²) in [5.41, 5.74) is 7.11. The van der Waals surface area contributed by atoms with E-state index in [0.717, 1.165) is 32.2 Å². The number of carbonyl (C=O) groups is 1. The Morgan fingerprint density at radius 1 is 1.56 bits per heavy atom.